The van der Waals surface area contributed by atoms with Crippen LogP contribution in [0.1, 0.15) is 39.0 Å². The van der Waals surface area contributed by atoms with E-state index >= 15 is 0 Å². The zero-order valence-corrected chi connectivity index (χ0v) is 12.9. The van der Waals surface area contributed by atoms with Crippen molar-refractivity contribution in [2.45, 2.75) is 33.2 Å². The highest BCUT2D eigenvalue weighted by molar-refractivity contribution is 5.77. The number of rotatable bonds is 6. The van der Waals surface area contributed by atoms with Crippen LogP contribution in [0, 0.1) is 5.41 Å². The second-order valence-corrected chi connectivity index (χ2v) is 6.41. The van der Waals surface area contributed by atoms with Crippen molar-refractivity contribution in [3.05, 3.63) is 36.1 Å². The fourth-order valence-corrected chi connectivity index (χ4v) is 2.06. The molecule has 0 aliphatic heterocycles. The second-order valence-electron chi connectivity index (χ2n) is 6.41. The third kappa shape index (κ3) is 4.09. The number of hydrogen-bond donors (Lipinski definition) is 1. The molecule has 110 valence electrons. The van der Waals surface area contributed by atoms with Crippen molar-refractivity contribution in [3.8, 4) is 0 Å². The highest BCUT2D eigenvalue weighted by atomic mass is 16.5. The maximum absolute atomic E-state index is 5.88. The predicted octanol–water partition coefficient (Wildman–Crippen LogP) is 4.15. The molecule has 0 fully saturated rings. The minimum absolute atomic E-state index is 0.0994. The number of furan rings is 1. The predicted molar refractivity (Wildman–Crippen MR) is 82.9 cm³/mol. The monoisotopic (exact) mass is 275 g/mol. The lowest BCUT2D eigenvalue weighted by Gasteiger charge is -2.19. The van der Waals surface area contributed by atoms with Crippen molar-refractivity contribution in [1.29, 1.82) is 0 Å². The minimum Gasteiger partial charge on any atom is -0.459 e. The van der Waals surface area contributed by atoms with Crippen LogP contribution in [0.5, 0.6) is 0 Å². The first-order chi connectivity index (χ1) is 9.49. The molecule has 1 heterocycles. The molecular formula is C17H25NO2. The number of benzene rings is 1. The Hall–Kier alpha value is -1.32. The second kappa shape index (κ2) is 6.42. The molecule has 2 aromatic rings. The average molecular weight is 275 g/mol. The summed E-state index contributed by atoms with van der Waals surface area (Å²) < 4.78 is 11.7. The van der Waals surface area contributed by atoms with Gasteiger partial charge in [0.15, 0.2) is 0 Å². The summed E-state index contributed by atoms with van der Waals surface area (Å²) in [7, 11) is 1.94. The first kappa shape index (κ1) is 15.1. The molecule has 1 atom stereocenters. The normalized spacial score (nSPS) is 13.8. The zero-order valence-electron chi connectivity index (χ0n) is 12.9. The van der Waals surface area contributed by atoms with Gasteiger partial charge in [0.1, 0.15) is 11.3 Å². The topological polar surface area (TPSA) is 34.4 Å². The molecule has 2 rings (SSSR count). The molecule has 0 bridgehead atoms. The Labute approximate surface area is 121 Å². The first-order valence-corrected chi connectivity index (χ1v) is 7.23. The lowest BCUT2D eigenvalue weighted by Crippen LogP contribution is -2.22. The summed E-state index contributed by atoms with van der Waals surface area (Å²) in [5, 5.41) is 4.39. The molecule has 1 unspecified atom stereocenters. The van der Waals surface area contributed by atoms with Gasteiger partial charge in [0.05, 0.1) is 12.6 Å². The molecule has 1 N–H and O–H groups in total. The Kier molecular flexibility index (Phi) is 4.84. The summed E-state index contributed by atoms with van der Waals surface area (Å²) in [4.78, 5) is 0. The maximum Gasteiger partial charge on any atom is 0.134 e. The molecule has 0 aliphatic rings. The Morgan fingerprint density at radius 1 is 1.25 bits per heavy atom. The third-order valence-corrected chi connectivity index (χ3v) is 3.42. The lowest BCUT2D eigenvalue weighted by atomic mass is 9.93. The van der Waals surface area contributed by atoms with E-state index in [0.717, 1.165) is 29.8 Å². The molecule has 0 saturated carbocycles. The van der Waals surface area contributed by atoms with Crippen LogP contribution in [-0.2, 0) is 4.74 Å². The third-order valence-electron chi connectivity index (χ3n) is 3.42. The van der Waals surface area contributed by atoms with E-state index in [9.17, 15) is 0 Å². The smallest absolute Gasteiger partial charge is 0.134 e. The van der Waals surface area contributed by atoms with Crippen LogP contribution in [0.4, 0.5) is 0 Å². The largest absolute Gasteiger partial charge is 0.459 e. The maximum atomic E-state index is 5.88. The molecule has 0 aliphatic carbocycles. The van der Waals surface area contributed by atoms with Gasteiger partial charge in [-0.2, -0.15) is 0 Å². The minimum atomic E-state index is 0.0994. The Morgan fingerprint density at radius 2 is 2.00 bits per heavy atom. The van der Waals surface area contributed by atoms with E-state index < -0.39 is 0 Å². The molecule has 1 aromatic heterocycles. The first-order valence-electron chi connectivity index (χ1n) is 7.23. The van der Waals surface area contributed by atoms with Crippen molar-refractivity contribution in [2.24, 2.45) is 5.41 Å². The van der Waals surface area contributed by atoms with Crippen LogP contribution in [0.25, 0.3) is 11.0 Å². The van der Waals surface area contributed by atoms with Crippen LogP contribution in [-0.4, -0.2) is 20.3 Å². The van der Waals surface area contributed by atoms with Gasteiger partial charge in [-0.25, -0.2) is 0 Å². The summed E-state index contributed by atoms with van der Waals surface area (Å²) >= 11 is 0. The lowest BCUT2D eigenvalue weighted by molar-refractivity contribution is 0.0871. The zero-order chi connectivity index (χ0) is 14.6. The molecule has 3 heteroatoms. The number of nitrogens with one attached hydrogen (secondary N) is 1. The number of hydrogen-bond acceptors (Lipinski definition) is 3. The number of fused-ring (bicyclic) bond motifs is 1. The quantitative estimate of drug-likeness (QED) is 0.804. The van der Waals surface area contributed by atoms with E-state index in [1.165, 1.54) is 0 Å². The van der Waals surface area contributed by atoms with Crippen molar-refractivity contribution in [1.82, 2.24) is 5.32 Å². The van der Waals surface area contributed by atoms with E-state index in [0.29, 0.717) is 12.0 Å². The van der Waals surface area contributed by atoms with E-state index in [-0.39, 0.29) is 6.04 Å². The molecule has 0 radical (unpaired) electrons. The fourth-order valence-electron chi connectivity index (χ4n) is 2.06. The molecule has 3 nitrogen and oxygen atoms in total. The fraction of sp³-hybridized carbons (Fsp3) is 0.529. The van der Waals surface area contributed by atoms with E-state index in [1.54, 1.807) is 0 Å². The van der Waals surface area contributed by atoms with Gasteiger partial charge in [-0.1, -0.05) is 39.0 Å². The van der Waals surface area contributed by atoms with E-state index in [1.807, 2.05) is 25.2 Å². The number of likely N-dealkylation sites (N-methyl/N-ethyl adjacent to an activating group) is 1. The van der Waals surface area contributed by atoms with E-state index in [2.05, 4.69) is 38.2 Å². The summed E-state index contributed by atoms with van der Waals surface area (Å²) in [6.45, 7) is 8.09. The SMILES string of the molecule is CNC(COCCC(C)(C)C)c1cc2ccccc2o1. The van der Waals surface area contributed by atoms with Gasteiger partial charge in [-0.3, -0.25) is 0 Å². The molecule has 0 amide bonds. The summed E-state index contributed by atoms with van der Waals surface area (Å²) in [6.07, 6.45) is 1.06. The van der Waals surface area contributed by atoms with Gasteiger partial charge >= 0.3 is 0 Å². The van der Waals surface area contributed by atoms with Crippen LogP contribution in [0.15, 0.2) is 34.7 Å². The van der Waals surface area contributed by atoms with Gasteiger partial charge < -0.3 is 14.5 Å². The Bertz CT molecular complexity index is 506. The standard InChI is InChI=1S/C17H25NO2/c1-17(2,3)9-10-19-12-14(18-4)16-11-13-7-5-6-8-15(13)20-16/h5-8,11,14,18H,9-10,12H2,1-4H3. The van der Waals surface area contributed by atoms with Crippen LogP contribution in [0.3, 0.4) is 0 Å². The molecule has 1 aromatic carbocycles. The van der Waals surface area contributed by atoms with Crippen molar-refractivity contribution >= 4 is 11.0 Å². The van der Waals surface area contributed by atoms with Crippen LogP contribution >= 0.6 is 0 Å². The van der Waals surface area contributed by atoms with Crippen LogP contribution < -0.4 is 5.32 Å². The summed E-state index contributed by atoms with van der Waals surface area (Å²) in [5.74, 6) is 0.935. The number of ether oxygens (including phenoxy) is 1. The number of para-hydroxylation sites is 1. The Balaban J connectivity index is 1.94. The van der Waals surface area contributed by atoms with Crippen molar-refractivity contribution in [2.75, 3.05) is 20.3 Å². The Morgan fingerprint density at radius 3 is 2.65 bits per heavy atom. The van der Waals surface area contributed by atoms with E-state index in [4.69, 9.17) is 9.15 Å². The molecular weight excluding hydrogens is 250 g/mol. The highest BCUT2D eigenvalue weighted by Gasteiger charge is 2.16. The van der Waals surface area contributed by atoms with Gasteiger partial charge in [0.25, 0.3) is 0 Å². The molecule has 0 saturated heterocycles. The van der Waals surface area contributed by atoms with Gasteiger partial charge in [0.2, 0.25) is 0 Å². The van der Waals surface area contributed by atoms with Crippen molar-refractivity contribution in [3.63, 3.8) is 0 Å². The highest BCUT2D eigenvalue weighted by Crippen LogP contribution is 2.24. The van der Waals surface area contributed by atoms with Gasteiger partial charge in [-0.05, 0) is 31.0 Å². The van der Waals surface area contributed by atoms with Gasteiger partial charge in [-0.15, -0.1) is 0 Å². The summed E-state index contributed by atoms with van der Waals surface area (Å²) in [5.41, 5.74) is 1.24. The van der Waals surface area contributed by atoms with Crippen LogP contribution in [0.2, 0.25) is 0 Å². The summed E-state index contributed by atoms with van der Waals surface area (Å²) in [6, 6.07) is 10.3. The van der Waals surface area contributed by atoms with Crippen molar-refractivity contribution < 1.29 is 9.15 Å². The van der Waals surface area contributed by atoms with Gasteiger partial charge in [0, 0.05) is 12.0 Å². The average Bonchev–Trinajstić information content (AvgIpc) is 2.81. The molecule has 0 spiro atoms. The molecule has 20 heavy (non-hydrogen) atoms.